The zero-order valence-corrected chi connectivity index (χ0v) is 10.6. The Kier molecular flexibility index (Phi) is 5.43. The standard InChI is InChI=1S/C14H19NO2/c1-12(16)14-6-4-13(5-7-14)8-10-17-11-9-15(2)3/h4-8,10H,9,11H2,1-3H3/b10-8+. The third-order valence-corrected chi connectivity index (χ3v) is 2.33. The van der Waals surface area contributed by atoms with E-state index in [1.165, 1.54) is 0 Å². The molecule has 92 valence electrons. The molecule has 0 unspecified atom stereocenters. The molecule has 0 aliphatic rings. The van der Waals surface area contributed by atoms with Gasteiger partial charge in [-0.05, 0) is 32.7 Å². The van der Waals surface area contributed by atoms with Gasteiger partial charge in [0.1, 0.15) is 0 Å². The highest BCUT2D eigenvalue weighted by Crippen LogP contribution is 2.06. The number of ketones is 1. The van der Waals surface area contributed by atoms with Crippen LogP contribution >= 0.6 is 0 Å². The van der Waals surface area contributed by atoms with Crippen molar-refractivity contribution in [1.82, 2.24) is 4.90 Å². The molecule has 17 heavy (non-hydrogen) atoms. The Hall–Kier alpha value is -1.61. The molecule has 0 saturated heterocycles. The van der Waals surface area contributed by atoms with Gasteiger partial charge in [-0.2, -0.15) is 0 Å². The van der Waals surface area contributed by atoms with E-state index in [4.69, 9.17) is 4.74 Å². The Morgan fingerprint density at radius 1 is 1.29 bits per heavy atom. The molecule has 0 aliphatic carbocycles. The molecule has 0 aliphatic heterocycles. The van der Waals surface area contributed by atoms with Gasteiger partial charge in [-0.25, -0.2) is 0 Å². The number of nitrogens with zero attached hydrogens (tertiary/aromatic N) is 1. The molecule has 0 amide bonds. The van der Waals surface area contributed by atoms with Gasteiger partial charge in [0, 0.05) is 12.1 Å². The van der Waals surface area contributed by atoms with Gasteiger partial charge in [0.15, 0.2) is 5.78 Å². The minimum absolute atomic E-state index is 0.0859. The largest absolute Gasteiger partial charge is 0.500 e. The lowest BCUT2D eigenvalue weighted by molar-refractivity contribution is 0.101. The predicted octanol–water partition coefficient (Wildman–Crippen LogP) is 2.44. The Labute approximate surface area is 103 Å². The SMILES string of the molecule is CC(=O)c1ccc(/C=C/OCCN(C)C)cc1. The maximum atomic E-state index is 11.1. The molecule has 0 radical (unpaired) electrons. The minimum atomic E-state index is 0.0859. The number of hydrogen-bond donors (Lipinski definition) is 0. The first-order valence-electron chi connectivity index (χ1n) is 5.63. The number of Topliss-reactive ketones (excluding diaryl/α,β-unsaturated/α-hetero) is 1. The number of benzene rings is 1. The topological polar surface area (TPSA) is 29.5 Å². The number of hydrogen-bond acceptors (Lipinski definition) is 3. The zero-order chi connectivity index (χ0) is 12.7. The number of carbonyl (C=O) groups excluding carboxylic acids is 1. The first-order valence-corrected chi connectivity index (χ1v) is 5.63. The zero-order valence-electron chi connectivity index (χ0n) is 10.6. The summed E-state index contributed by atoms with van der Waals surface area (Å²) in [6, 6.07) is 7.45. The third-order valence-electron chi connectivity index (χ3n) is 2.33. The van der Waals surface area contributed by atoms with E-state index in [9.17, 15) is 4.79 Å². The van der Waals surface area contributed by atoms with Crippen molar-refractivity contribution in [2.24, 2.45) is 0 Å². The smallest absolute Gasteiger partial charge is 0.159 e. The summed E-state index contributed by atoms with van der Waals surface area (Å²) >= 11 is 0. The van der Waals surface area contributed by atoms with Gasteiger partial charge >= 0.3 is 0 Å². The van der Waals surface area contributed by atoms with E-state index in [0.717, 1.165) is 17.7 Å². The summed E-state index contributed by atoms with van der Waals surface area (Å²) in [7, 11) is 4.01. The van der Waals surface area contributed by atoms with Crippen LogP contribution in [0.25, 0.3) is 6.08 Å². The van der Waals surface area contributed by atoms with Crippen LogP contribution in [-0.4, -0.2) is 37.9 Å². The normalized spacial score (nSPS) is 11.1. The van der Waals surface area contributed by atoms with E-state index >= 15 is 0 Å². The van der Waals surface area contributed by atoms with E-state index < -0.39 is 0 Å². The van der Waals surface area contributed by atoms with Crippen molar-refractivity contribution in [2.45, 2.75) is 6.92 Å². The maximum absolute atomic E-state index is 11.1. The molecule has 0 N–H and O–H groups in total. The summed E-state index contributed by atoms with van der Waals surface area (Å²) in [5.41, 5.74) is 1.76. The summed E-state index contributed by atoms with van der Waals surface area (Å²) in [6.07, 6.45) is 3.58. The molecule has 1 aromatic rings. The number of likely N-dealkylation sites (N-methyl/N-ethyl adjacent to an activating group) is 1. The molecule has 0 heterocycles. The van der Waals surface area contributed by atoms with E-state index in [-0.39, 0.29) is 5.78 Å². The van der Waals surface area contributed by atoms with E-state index in [0.29, 0.717) is 6.61 Å². The molecule has 3 heteroatoms. The fraction of sp³-hybridized carbons (Fsp3) is 0.357. The molecule has 0 saturated carbocycles. The van der Waals surface area contributed by atoms with Gasteiger partial charge in [0.05, 0.1) is 12.9 Å². The summed E-state index contributed by atoms with van der Waals surface area (Å²) in [5, 5.41) is 0. The van der Waals surface area contributed by atoms with Crippen LogP contribution in [0.3, 0.4) is 0 Å². The second-order valence-corrected chi connectivity index (χ2v) is 4.16. The molecular formula is C14H19NO2. The van der Waals surface area contributed by atoms with Gasteiger partial charge in [-0.15, -0.1) is 0 Å². The van der Waals surface area contributed by atoms with Crippen LogP contribution in [0.4, 0.5) is 0 Å². The van der Waals surface area contributed by atoms with Gasteiger partial charge in [0.25, 0.3) is 0 Å². The van der Waals surface area contributed by atoms with Crippen LogP contribution in [0, 0.1) is 0 Å². The van der Waals surface area contributed by atoms with Gasteiger partial charge in [-0.3, -0.25) is 4.79 Å². The molecule has 0 fully saturated rings. The van der Waals surface area contributed by atoms with Crippen LogP contribution in [0.5, 0.6) is 0 Å². The Balaban J connectivity index is 2.41. The lowest BCUT2D eigenvalue weighted by Gasteiger charge is -2.07. The van der Waals surface area contributed by atoms with Crippen molar-refractivity contribution in [2.75, 3.05) is 27.2 Å². The van der Waals surface area contributed by atoms with Crippen LogP contribution in [0.1, 0.15) is 22.8 Å². The molecule has 1 aromatic carbocycles. The quantitative estimate of drug-likeness (QED) is 0.429. The second-order valence-electron chi connectivity index (χ2n) is 4.16. The van der Waals surface area contributed by atoms with E-state index in [1.807, 2.05) is 44.4 Å². The summed E-state index contributed by atoms with van der Waals surface area (Å²) < 4.78 is 5.34. The predicted molar refractivity (Wildman–Crippen MR) is 70.0 cm³/mol. The van der Waals surface area contributed by atoms with Gasteiger partial charge < -0.3 is 9.64 Å². The van der Waals surface area contributed by atoms with Crippen molar-refractivity contribution in [3.63, 3.8) is 0 Å². The molecule has 1 rings (SSSR count). The number of ether oxygens (including phenoxy) is 1. The van der Waals surface area contributed by atoms with Crippen molar-refractivity contribution in [3.05, 3.63) is 41.7 Å². The van der Waals surface area contributed by atoms with Crippen LogP contribution < -0.4 is 0 Å². The Morgan fingerprint density at radius 3 is 2.47 bits per heavy atom. The molecule has 0 aromatic heterocycles. The lowest BCUT2D eigenvalue weighted by Crippen LogP contribution is -2.16. The van der Waals surface area contributed by atoms with Gasteiger partial charge in [-0.1, -0.05) is 24.3 Å². The highest BCUT2D eigenvalue weighted by atomic mass is 16.5. The van der Waals surface area contributed by atoms with Crippen LogP contribution in [0.2, 0.25) is 0 Å². The van der Waals surface area contributed by atoms with Crippen molar-refractivity contribution >= 4 is 11.9 Å². The first kappa shape index (κ1) is 13.5. The summed E-state index contributed by atoms with van der Waals surface area (Å²) in [6.45, 7) is 3.14. The number of rotatable bonds is 6. The van der Waals surface area contributed by atoms with Crippen molar-refractivity contribution in [1.29, 1.82) is 0 Å². The average molecular weight is 233 g/mol. The van der Waals surface area contributed by atoms with E-state index in [1.54, 1.807) is 13.2 Å². The number of carbonyl (C=O) groups is 1. The van der Waals surface area contributed by atoms with Crippen molar-refractivity contribution < 1.29 is 9.53 Å². The molecular weight excluding hydrogens is 214 g/mol. The monoisotopic (exact) mass is 233 g/mol. The summed E-state index contributed by atoms with van der Waals surface area (Å²) in [5.74, 6) is 0.0859. The Bertz CT molecular complexity index is 380. The second kappa shape index (κ2) is 6.86. The summed E-state index contributed by atoms with van der Waals surface area (Å²) in [4.78, 5) is 13.1. The minimum Gasteiger partial charge on any atom is -0.500 e. The fourth-order valence-electron chi connectivity index (χ4n) is 1.26. The molecule has 3 nitrogen and oxygen atoms in total. The Morgan fingerprint density at radius 2 is 1.94 bits per heavy atom. The van der Waals surface area contributed by atoms with E-state index in [2.05, 4.69) is 4.90 Å². The molecule has 0 spiro atoms. The maximum Gasteiger partial charge on any atom is 0.159 e. The van der Waals surface area contributed by atoms with Gasteiger partial charge in [0.2, 0.25) is 0 Å². The van der Waals surface area contributed by atoms with Crippen molar-refractivity contribution in [3.8, 4) is 0 Å². The molecule has 0 atom stereocenters. The first-order chi connectivity index (χ1) is 8.09. The fourth-order valence-corrected chi connectivity index (χ4v) is 1.26. The lowest BCUT2D eigenvalue weighted by atomic mass is 10.1. The average Bonchev–Trinajstić information content (AvgIpc) is 2.29. The highest BCUT2D eigenvalue weighted by Gasteiger charge is 1.96. The molecule has 0 bridgehead atoms. The third kappa shape index (κ3) is 5.31. The van der Waals surface area contributed by atoms with Crippen LogP contribution in [0.15, 0.2) is 30.5 Å². The highest BCUT2D eigenvalue weighted by molar-refractivity contribution is 5.94. The van der Waals surface area contributed by atoms with Crippen LogP contribution in [-0.2, 0) is 4.74 Å².